The number of hydrogen-bond acceptors (Lipinski definition) is 4. The van der Waals surface area contributed by atoms with Crippen molar-refractivity contribution in [3.8, 4) is 0 Å². The first-order chi connectivity index (χ1) is 16.9. The third-order valence-corrected chi connectivity index (χ3v) is 6.92. The maximum atomic E-state index is 15.0. The number of rotatable bonds is 7. The molecule has 0 aromatic heterocycles. The molecule has 2 saturated heterocycles. The lowest BCUT2D eigenvalue weighted by molar-refractivity contribution is -0.0370. The lowest BCUT2D eigenvalue weighted by Gasteiger charge is -2.39. The van der Waals surface area contributed by atoms with Crippen LogP contribution in [-0.4, -0.2) is 61.3 Å². The van der Waals surface area contributed by atoms with Gasteiger partial charge < -0.3 is 15.4 Å². The van der Waals surface area contributed by atoms with E-state index in [-0.39, 0.29) is 35.7 Å². The Hall–Kier alpha value is -2.84. The third kappa shape index (κ3) is 7.08. The number of alkyl halides is 1. The molecular formula is C27H33F2N3O3. The molecule has 0 aliphatic carbocycles. The number of nitrogens with zero attached hydrogens (tertiary/aromatic N) is 1. The highest BCUT2D eigenvalue weighted by Crippen LogP contribution is 2.26. The van der Waals surface area contributed by atoms with Crippen LogP contribution in [0.5, 0.6) is 0 Å². The first-order valence-electron chi connectivity index (χ1n) is 12.3. The number of anilines is 1. The highest BCUT2D eigenvalue weighted by Gasteiger charge is 2.34. The van der Waals surface area contributed by atoms with Crippen LogP contribution < -0.4 is 10.6 Å². The summed E-state index contributed by atoms with van der Waals surface area (Å²) in [5.41, 5.74) is 2.14. The molecule has 2 aromatic carbocycles. The summed E-state index contributed by atoms with van der Waals surface area (Å²) in [4.78, 5) is 26.1. The number of likely N-dealkylation sites (tertiary alicyclic amines) is 1. The number of carbonyl (C=O) groups is 2. The van der Waals surface area contributed by atoms with Gasteiger partial charge in [0.25, 0.3) is 0 Å². The van der Waals surface area contributed by atoms with Gasteiger partial charge in [-0.25, -0.2) is 13.6 Å². The van der Waals surface area contributed by atoms with Gasteiger partial charge in [-0.2, -0.15) is 0 Å². The van der Waals surface area contributed by atoms with Gasteiger partial charge in [0.1, 0.15) is 12.0 Å². The van der Waals surface area contributed by atoms with Gasteiger partial charge in [-0.1, -0.05) is 12.1 Å². The molecule has 2 N–H and O–H groups in total. The quantitative estimate of drug-likeness (QED) is 0.563. The average molecular weight is 486 g/mol. The predicted octanol–water partition coefficient (Wildman–Crippen LogP) is 4.60. The number of Topliss-reactive ketones (excluding diaryl/α,β-unsaturated/α-hetero) is 1. The van der Waals surface area contributed by atoms with E-state index < -0.39 is 6.17 Å². The molecule has 2 fully saturated rings. The van der Waals surface area contributed by atoms with Gasteiger partial charge in [-0.15, -0.1) is 0 Å². The van der Waals surface area contributed by atoms with Crippen LogP contribution in [0.1, 0.15) is 42.1 Å². The number of hydrogen-bond donors (Lipinski definition) is 2. The van der Waals surface area contributed by atoms with Crippen molar-refractivity contribution < 1.29 is 23.1 Å². The van der Waals surface area contributed by atoms with Crippen LogP contribution >= 0.6 is 0 Å². The van der Waals surface area contributed by atoms with Crippen molar-refractivity contribution in [3.05, 3.63) is 65.5 Å². The zero-order chi connectivity index (χ0) is 24.8. The predicted molar refractivity (Wildman–Crippen MR) is 131 cm³/mol. The number of nitrogens with one attached hydrogen (secondary N) is 2. The fraction of sp³-hybridized carbons (Fsp3) is 0.481. The van der Waals surface area contributed by atoms with Crippen molar-refractivity contribution in [1.82, 2.24) is 10.2 Å². The molecule has 8 heteroatoms. The maximum absolute atomic E-state index is 15.0. The second-order valence-corrected chi connectivity index (χ2v) is 9.54. The Morgan fingerprint density at radius 1 is 1.09 bits per heavy atom. The summed E-state index contributed by atoms with van der Waals surface area (Å²) in [5.74, 6) is -0.396. The van der Waals surface area contributed by atoms with Gasteiger partial charge in [0.05, 0.1) is 12.1 Å². The van der Waals surface area contributed by atoms with Crippen LogP contribution in [0.2, 0.25) is 0 Å². The van der Waals surface area contributed by atoms with Crippen LogP contribution in [-0.2, 0) is 11.2 Å². The van der Waals surface area contributed by atoms with Crippen LogP contribution in [0.25, 0.3) is 0 Å². The molecule has 0 saturated carbocycles. The zero-order valence-corrected chi connectivity index (χ0v) is 20.0. The molecule has 0 radical (unpaired) electrons. The molecule has 0 spiro atoms. The number of amides is 2. The molecular weight excluding hydrogens is 452 g/mol. The molecule has 2 heterocycles. The van der Waals surface area contributed by atoms with Gasteiger partial charge >= 0.3 is 6.03 Å². The van der Waals surface area contributed by atoms with E-state index in [1.807, 2.05) is 0 Å². The van der Waals surface area contributed by atoms with Crippen LogP contribution in [0, 0.1) is 11.7 Å². The number of ketones is 1. The van der Waals surface area contributed by atoms with Crippen molar-refractivity contribution in [2.24, 2.45) is 5.92 Å². The van der Waals surface area contributed by atoms with Crippen molar-refractivity contribution in [2.45, 2.75) is 50.9 Å². The molecule has 2 aliphatic heterocycles. The first kappa shape index (κ1) is 25.3. The summed E-state index contributed by atoms with van der Waals surface area (Å²) >= 11 is 0. The fourth-order valence-corrected chi connectivity index (χ4v) is 4.90. The molecule has 35 heavy (non-hydrogen) atoms. The number of urea groups is 1. The Bertz CT molecular complexity index is 1000. The monoisotopic (exact) mass is 485 g/mol. The lowest BCUT2D eigenvalue weighted by Crippen LogP contribution is -2.54. The largest absolute Gasteiger partial charge is 0.375 e. The third-order valence-electron chi connectivity index (χ3n) is 6.92. The van der Waals surface area contributed by atoms with Crippen molar-refractivity contribution >= 4 is 17.5 Å². The van der Waals surface area contributed by atoms with Gasteiger partial charge in [-0.3, -0.25) is 9.69 Å². The summed E-state index contributed by atoms with van der Waals surface area (Å²) in [7, 11) is 0. The Morgan fingerprint density at radius 2 is 1.83 bits per heavy atom. The molecule has 6 nitrogen and oxygen atoms in total. The Kier molecular flexibility index (Phi) is 8.46. The number of piperidine rings is 1. The Labute approximate surface area is 205 Å². The highest BCUT2D eigenvalue weighted by atomic mass is 19.1. The van der Waals surface area contributed by atoms with Crippen LogP contribution in [0.4, 0.5) is 19.3 Å². The van der Waals surface area contributed by atoms with Crippen LogP contribution in [0.3, 0.4) is 0 Å². The molecule has 2 amide bonds. The van der Waals surface area contributed by atoms with E-state index in [2.05, 4.69) is 15.5 Å². The number of benzene rings is 2. The highest BCUT2D eigenvalue weighted by molar-refractivity contribution is 5.95. The van der Waals surface area contributed by atoms with E-state index in [9.17, 15) is 18.4 Å². The Balaban J connectivity index is 1.27. The van der Waals surface area contributed by atoms with Crippen molar-refractivity contribution in [3.63, 3.8) is 0 Å². The number of halogens is 2. The summed E-state index contributed by atoms with van der Waals surface area (Å²) in [6.45, 7) is 3.76. The van der Waals surface area contributed by atoms with E-state index in [0.717, 1.165) is 31.4 Å². The zero-order valence-electron chi connectivity index (χ0n) is 20.0. The van der Waals surface area contributed by atoms with Gasteiger partial charge in [0, 0.05) is 30.9 Å². The summed E-state index contributed by atoms with van der Waals surface area (Å²) in [5, 5.41) is 5.81. The number of carbonyl (C=O) groups excluding carboxylic acids is 2. The minimum Gasteiger partial charge on any atom is -0.375 e. The molecule has 0 bridgehead atoms. The fourth-order valence-electron chi connectivity index (χ4n) is 4.90. The second-order valence-electron chi connectivity index (χ2n) is 9.54. The molecule has 2 aliphatic rings. The van der Waals surface area contributed by atoms with E-state index in [1.54, 1.807) is 36.4 Å². The SMILES string of the molecule is CC(=O)c1ccc(NC(=O)N[C@@H]2CCCO[C@@H]2CN2CCC(Cc3ccc(F)cc3)C(F)C2)cc1. The normalized spacial score (nSPS) is 25.1. The van der Waals surface area contributed by atoms with Crippen molar-refractivity contribution in [1.29, 1.82) is 0 Å². The Morgan fingerprint density at radius 3 is 2.51 bits per heavy atom. The smallest absolute Gasteiger partial charge is 0.319 e. The summed E-state index contributed by atoms with van der Waals surface area (Å²) < 4.78 is 34.1. The van der Waals surface area contributed by atoms with Gasteiger partial charge in [0.15, 0.2) is 5.78 Å². The van der Waals surface area contributed by atoms with E-state index in [1.165, 1.54) is 19.1 Å². The van der Waals surface area contributed by atoms with E-state index in [0.29, 0.717) is 37.4 Å². The van der Waals surface area contributed by atoms with Gasteiger partial charge in [-0.05, 0) is 87.0 Å². The topological polar surface area (TPSA) is 70.7 Å². The first-order valence-corrected chi connectivity index (χ1v) is 12.3. The van der Waals surface area contributed by atoms with Crippen LogP contribution in [0.15, 0.2) is 48.5 Å². The minimum atomic E-state index is -0.968. The second kappa shape index (κ2) is 11.7. The maximum Gasteiger partial charge on any atom is 0.319 e. The minimum absolute atomic E-state index is 0.0294. The van der Waals surface area contributed by atoms with Gasteiger partial charge in [0.2, 0.25) is 0 Å². The molecule has 188 valence electrons. The van der Waals surface area contributed by atoms with Crippen molar-refractivity contribution in [2.75, 3.05) is 31.6 Å². The summed E-state index contributed by atoms with van der Waals surface area (Å²) in [6.07, 6.45) is 1.79. The number of ether oxygens (including phenoxy) is 1. The molecule has 4 rings (SSSR count). The molecule has 4 atom stereocenters. The van der Waals surface area contributed by atoms with E-state index >= 15 is 0 Å². The molecule has 2 unspecified atom stereocenters. The standard InChI is InChI=1S/C27H33F2N3O3/c1-18(33)20-6-10-23(11-7-20)30-27(34)31-25-3-2-14-35-26(25)17-32-13-12-21(24(29)16-32)15-19-4-8-22(28)9-5-19/h4-11,21,24-26H,2-3,12-17H2,1H3,(H2,30,31,34)/t21?,24?,25-,26-/m1/s1. The lowest BCUT2D eigenvalue weighted by atomic mass is 9.88. The van der Waals surface area contributed by atoms with E-state index in [4.69, 9.17) is 4.74 Å². The molecule has 2 aromatic rings. The average Bonchev–Trinajstić information content (AvgIpc) is 2.84. The summed E-state index contributed by atoms with van der Waals surface area (Å²) in [6, 6.07) is 12.5.